The van der Waals surface area contributed by atoms with Gasteiger partial charge in [0, 0.05) is 0 Å². The van der Waals surface area contributed by atoms with E-state index in [0.717, 1.165) is 5.84 Å². The van der Waals surface area contributed by atoms with Crippen molar-refractivity contribution in [1.29, 1.82) is 0 Å². The van der Waals surface area contributed by atoms with Crippen LogP contribution in [0.25, 0.3) is 0 Å². The molecule has 0 spiro atoms. The van der Waals surface area contributed by atoms with E-state index in [9.17, 15) is 0 Å². The maximum Gasteiger partial charge on any atom is 0.129 e. The van der Waals surface area contributed by atoms with Crippen LogP contribution in [-0.2, 0) is 0 Å². The van der Waals surface area contributed by atoms with Crippen molar-refractivity contribution in [3.05, 3.63) is 0 Å². The van der Waals surface area contributed by atoms with E-state index in [0.29, 0.717) is 11.7 Å². The lowest BCUT2D eigenvalue weighted by atomic mass is 10.7. The molecule has 0 saturated carbocycles. The van der Waals surface area contributed by atoms with Gasteiger partial charge in [-0.15, -0.1) is 0 Å². The van der Waals surface area contributed by atoms with Crippen molar-refractivity contribution in [2.24, 2.45) is 9.98 Å². The molecule has 0 aliphatic carbocycles. The minimum Gasteiger partial charge on any atom is -0.263 e. The second kappa shape index (κ2) is 1.62. The predicted octanol–water partition coefficient (Wildman–Crippen LogP) is 1.06. The lowest BCUT2D eigenvalue weighted by Crippen LogP contribution is -1.82. The van der Waals surface area contributed by atoms with Crippen LogP contribution < -0.4 is 0 Å². The summed E-state index contributed by atoms with van der Waals surface area (Å²) in [5.41, 5.74) is 0. The average molecular weight is 117 g/mol. The molecule has 0 fully saturated rings. The number of nitrogens with zero attached hydrogens (tertiary/aromatic N) is 2. The highest BCUT2D eigenvalue weighted by molar-refractivity contribution is 6.67. The van der Waals surface area contributed by atoms with Crippen molar-refractivity contribution in [3.8, 4) is 0 Å². The Labute approximate surface area is 46.9 Å². The molecule has 2 nitrogen and oxygen atoms in total. The Bertz CT molecular complexity index is 137. The lowest BCUT2D eigenvalue weighted by molar-refractivity contribution is 1.35. The van der Waals surface area contributed by atoms with Gasteiger partial charge in [0.05, 0.1) is 6.54 Å². The predicted molar refractivity (Wildman–Crippen MR) is 31.3 cm³/mol. The summed E-state index contributed by atoms with van der Waals surface area (Å²) in [6.07, 6.45) is 0. The first-order valence-corrected chi connectivity index (χ1v) is 2.41. The van der Waals surface area contributed by atoms with Crippen LogP contribution >= 0.6 is 11.6 Å². The van der Waals surface area contributed by atoms with Gasteiger partial charge in [-0.1, -0.05) is 11.6 Å². The van der Waals surface area contributed by atoms with E-state index < -0.39 is 0 Å². The van der Waals surface area contributed by atoms with E-state index in [1.165, 1.54) is 0 Å². The number of halogens is 1. The molecule has 3 heteroatoms. The largest absolute Gasteiger partial charge is 0.263 e. The van der Waals surface area contributed by atoms with E-state index in [2.05, 4.69) is 9.98 Å². The first-order chi connectivity index (χ1) is 3.29. The van der Waals surface area contributed by atoms with Gasteiger partial charge < -0.3 is 0 Å². The van der Waals surface area contributed by atoms with E-state index in [-0.39, 0.29) is 0 Å². The van der Waals surface area contributed by atoms with Crippen LogP contribution in [0.2, 0.25) is 0 Å². The average Bonchev–Trinajstić information content (AvgIpc) is 1.87. The number of hydrogen-bond donors (Lipinski definition) is 0. The Morgan fingerprint density at radius 3 is 2.57 bits per heavy atom. The molecule has 0 saturated heterocycles. The molecule has 0 aromatic rings. The SMILES string of the molecule is CC1=NCC(Cl)=N1. The molecule has 0 radical (unpaired) electrons. The molecule has 38 valence electrons. The molecular formula is C4H5ClN2. The van der Waals surface area contributed by atoms with E-state index in [1.807, 2.05) is 6.92 Å². The zero-order valence-electron chi connectivity index (χ0n) is 3.98. The van der Waals surface area contributed by atoms with Gasteiger partial charge in [-0.05, 0) is 6.92 Å². The summed E-state index contributed by atoms with van der Waals surface area (Å²) in [6.45, 7) is 2.41. The molecular weight excluding hydrogens is 112 g/mol. The highest BCUT2D eigenvalue weighted by Crippen LogP contribution is 1.97. The van der Waals surface area contributed by atoms with Crippen molar-refractivity contribution in [1.82, 2.24) is 0 Å². The van der Waals surface area contributed by atoms with Crippen molar-refractivity contribution in [2.75, 3.05) is 6.54 Å². The zero-order chi connectivity index (χ0) is 5.28. The number of amidine groups is 1. The van der Waals surface area contributed by atoms with Crippen LogP contribution in [0.15, 0.2) is 9.98 Å². The van der Waals surface area contributed by atoms with Gasteiger partial charge in [-0.2, -0.15) is 0 Å². The quantitative estimate of drug-likeness (QED) is 0.452. The second-order valence-corrected chi connectivity index (χ2v) is 1.79. The maximum absolute atomic E-state index is 5.44. The topological polar surface area (TPSA) is 24.7 Å². The monoisotopic (exact) mass is 116 g/mol. The third-order valence-corrected chi connectivity index (χ3v) is 0.926. The van der Waals surface area contributed by atoms with Crippen LogP contribution in [0.1, 0.15) is 6.92 Å². The number of rotatable bonds is 0. The molecule has 1 aliphatic heterocycles. The molecule has 0 bridgehead atoms. The van der Waals surface area contributed by atoms with Crippen LogP contribution in [0.3, 0.4) is 0 Å². The maximum atomic E-state index is 5.44. The highest BCUT2D eigenvalue weighted by Gasteiger charge is 1.99. The third-order valence-electron chi connectivity index (χ3n) is 0.721. The van der Waals surface area contributed by atoms with E-state index in [1.54, 1.807) is 0 Å². The van der Waals surface area contributed by atoms with E-state index in [4.69, 9.17) is 11.6 Å². The summed E-state index contributed by atoms with van der Waals surface area (Å²) in [7, 11) is 0. The molecule has 0 aromatic heterocycles. The molecule has 1 aliphatic rings. The molecule has 1 rings (SSSR count). The fourth-order valence-corrected chi connectivity index (χ4v) is 0.608. The Balaban J connectivity index is 2.69. The van der Waals surface area contributed by atoms with Gasteiger partial charge >= 0.3 is 0 Å². The summed E-state index contributed by atoms with van der Waals surface area (Å²) >= 11 is 5.44. The molecule has 0 unspecified atom stereocenters. The smallest absolute Gasteiger partial charge is 0.129 e. The van der Waals surface area contributed by atoms with Crippen LogP contribution in [0, 0.1) is 0 Å². The Morgan fingerprint density at radius 2 is 2.43 bits per heavy atom. The summed E-state index contributed by atoms with van der Waals surface area (Å²) in [4.78, 5) is 7.72. The summed E-state index contributed by atoms with van der Waals surface area (Å²) in [5.74, 6) is 0.782. The van der Waals surface area contributed by atoms with Gasteiger partial charge in [-0.3, -0.25) is 4.99 Å². The highest BCUT2D eigenvalue weighted by atomic mass is 35.5. The van der Waals surface area contributed by atoms with Gasteiger partial charge in [0.25, 0.3) is 0 Å². The zero-order valence-corrected chi connectivity index (χ0v) is 4.74. The minimum atomic E-state index is 0.577. The van der Waals surface area contributed by atoms with Crippen LogP contribution in [0.5, 0.6) is 0 Å². The molecule has 7 heavy (non-hydrogen) atoms. The van der Waals surface area contributed by atoms with Crippen molar-refractivity contribution in [2.45, 2.75) is 6.92 Å². The normalized spacial score (nSPS) is 19.1. The second-order valence-electron chi connectivity index (χ2n) is 1.35. The Kier molecular flexibility index (Phi) is 1.11. The lowest BCUT2D eigenvalue weighted by Gasteiger charge is -1.72. The molecule has 0 amide bonds. The molecule has 0 N–H and O–H groups in total. The van der Waals surface area contributed by atoms with Crippen LogP contribution in [-0.4, -0.2) is 17.6 Å². The van der Waals surface area contributed by atoms with Gasteiger partial charge in [0.2, 0.25) is 0 Å². The minimum absolute atomic E-state index is 0.577. The molecule has 1 heterocycles. The fourth-order valence-electron chi connectivity index (χ4n) is 0.426. The molecule has 0 aromatic carbocycles. The third kappa shape index (κ3) is 0.996. The number of hydrogen-bond acceptors (Lipinski definition) is 2. The summed E-state index contributed by atoms with van der Waals surface area (Å²) < 4.78 is 0. The van der Waals surface area contributed by atoms with Gasteiger partial charge in [0.15, 0.2) is 0 Å². The summed E-state index contributed by atoms with van der Waals surface area (Å²) in [6, 6.07) is 0. The first kappa shape index (κ1) is 4.78. The summed E-state index contributed by atoms with van der Waals surface area (Å²) in [5, 5.41) is 0.595. The van der Waals surface area contributed by atoms with Crippen molar-refractivity contribution >= 4 is 22.6 Å². The fraction of sp³-hybridized carbons (Fsp3) is 0.500. The van der Waals surface area contributed by atoms with Gasteiger partial charge in [-0.25, -0.2) is 4.99 Å². The van der Waals surface area contributed by atoms with Crippen molar-refractivity contribution < 1.29 is 0 Å². The van der Waals surface area contributed by atoms with Gasteiger partial charge in [0.1, 0.15) is 11.0 Å². The Hall–Kier alpha value is -0.370. The van der Waals surface area contributed by atoms with Crippen molar-refractivity contribution in [3.63, 3.8) is 0 Å². The van der Waals surface area contributed by atoms with E-state index >= 15 is 0 Å². The number of aliphatic imine (C=N–C) groups is 2. The standard InChI is InChI=1S/C4H5ClN2/c1-3-6-2-4(5)7-3/h2H2,1H3. The van der Waals surface area contributed by atoms with Crippen LogP contribution in [0.4, 0.5) is 0 Å². The first-order valence-electron chi connectivity index (χ1n) is 2.03. The Morgan fingerprint density at radius 1 is 1.71 bits per heavy atom. The molecule has 0 atom stereocenters.